The summed E-state index contributed by atoms with van der Waals surface area (Å²) < 4.78 is 22.8. The zero-order chi connectivity index (χ0) is 19.8. The standard InChI is InChI=1S/C21H33N3O4/c1-4-22-21(24-10-12-28-20(15-24)17-7-6-11-27-17)23-14-16-8-9-18(26-5-2)19(13-16)25-3/h8-9,13,17,20H,4-7,10-12,14-15H2,1-3H3,(H,22,23). The van der Waals surface area contributed by atoms with Crippen LogP contribution in [0.5, 0.6) is 11.5 Å². The molecular weight excluding hydrogens is 358 g/mol. The highest BCUT2D eigenvalue weighted by Gasteiger charge is 2.32. The molecule has 2 fully saturated rings. The molecule has 2 unspecified atom stereocenters. The average Bonchev–Trinajstić information content (AvgIpc) is 3.27. The van der Waals surface area contributed by atoms with Gasteiger partial charge in [0.25, 0.3) is 0 Å². The molecule has 1 aromatic carbocycles. The molecule has 0 aliphatic carbocycles. The lowest BCUT2D eigenvalue weighted by molar-refractivity contribution is -0.0817. The van der Waals surface area contributed by atoms with Gasteiger partial charge < -0.3 is 29.2 Å². The third-order valence-corrected chi connectivity index (χ3v) is 5.05. The summed E-state index contributed by atoms with van der Waals surface area (Å²) in [6.07, 6.45) is 2.53. The molecule has 2 aliphatic rings. The summed E-state index contributed by atoms with van der Waals surface area (Å²) >= 11 is 0. The van der Waals surface area contributed by atoms with Crippen LogP contribution in [0.1, 0.15) is 32.3 Å². The van der Waals surface area contributed by atoms with Crippen LogP contribution in [0.4, 0.5) is 0 Å². The molecule has 0 spiro atoms. The second-order valence-electron chi connectivity index (χ2n) is 7.00. The van der Waals surface area contributed by atoms with Gasteiger partial charge in [-0.3, -0.25) is 0 Å². The van der Waals surface area contributed by atoms with Crippen LogP contribution in [-0.4, -0.2) is 69.6 Å². The summed E-state index contributed by atoms with van der Waals surface area (Å²) in [5, 5.41) is 3.42. The molecule has 7 nitrogen and oxygen atoms in total. The Morgan fingerprint density at radius 3 is 2.79 bits per heavy atom. The third kappa shape index (κ3) is 5.29. The minimum absolute atomic E-state index is 0.116. The van der Waals surface area contributed by atoms with Crippen LogP contribution < -0.4 is 14.8 Å². The van der Waals surface area contributed by atoms with E-state index in [0.717, 1.165) is 62.1 Å². The second kappa shape index (κ2) is 10.5. The average molecular weight is 392 g/mol. The monoisotopic (exact) mass is 391 g/mol. The number of methoxy groups -OCH3 is 1. The number of hydrogen-bond donors (Lipinski definition) is 1. The number of ether oxygens (including phenoxy) is 4. The molecule has 1 aromatic rings. The van der Waals surface area contributed by atoms with Gasteiger partial charge in [-0.05, 0) is 44.4 Å². The molecule has 0 aromatic heterocycles. The van der Waals surface area contributed by atoms with Crippen LogP contribution in [0.25, 0.3) is 0 Å². The van der Waals surface area contributed by atoms with Gasteiger partial charge in [0, 0.05) is 26.2 Å². The van der Waals surface area contributed by atoms with Gasteiger partial charge in [0.05, 0.1) is 33.0 Å². The molecule has 2 aliphatic heterocycles. The van der Waals surface area contributed by atoms with E-state index in [1.54, 1.807) is 7.11 Å². The van der Waals surface area contributed by atoms with E-state index >= 15 is 0 Å². The second-order valence-corrected chi connectivity index (χ2v) is 7.00. The van der Waals surface area contributed by atoms with Crippen molar-refractivity contribution in [1.29, 1.82) is 0 Å². The fourth-order valence-electron chi connectivity index (χ4n) is 3.67. The number of nitrogens with one attached hydrogen (secondary N) is 1. The van der Waals surface area contributed by atoms with Crippen LogP contribution in [0, 0.1) is 0 Å². The number of benzene rings is 1. The van der Waals surface area contributed by atoms with Crippen molar-refractivity contribution >= 4 is 5.96 Å². The van der Waals surface area contributed by atoms with Crippen LogP contribution in [0.3, 0.4) is 0 Å². The summed E-state index contributed by atoms with van der Waals surface area (Å²) in [5.74, 6) is 2.42. The minimum Gasteiger partial charge on any atom is -0.493 e. The van der Waals surface area contributed by atoms with Crippen molar-refractivity contribution < 1.29 is 18.9 Å². The van der Waals surface area contributed by atoms with Crippen molar-refractivity contribution in [3.8, 4) is 11.5 Å². The molecule has 7 heteroatoms. The number of nitrogens with zero attached hydrogens (tertiary/aromatic N) is 2. The number of hydrogen-bond acceptors (Lipinski definition) is 5. The Morgan fingerprint density at radius 1 is 1.21 bits per heavy atom. The molecule has 0 bridgehead atoms. The van der Waals surface area contributed by atoms with Crippen molar-refractivity contribution in [1.82, 2.24) is 10.2 Å². The number of rotatable bonds is 7. The van der Waals surface area contributed by atoms with Crippen molar-refractivity contribution in [2.24, 2.45) is 4.99 Å². The number of morpholine rings is 1. The highest BCUT2D eigenvalue weighted by molar-refractivity contribution is 5.80. The van der Waals surface area contributed by atoms with Crippen molar-refractivity contribution in [3.63, 3.8) is 0 Å². The summed E-state index contributed by atoms with van der Waals surface area (Å²) in [5.41, 5.74) is 1.08. The van der Waals surface area contributed by atoms with Crippen LogP contribution in [0.2, 0.25) is 0 Å². The molecule has 0 radical (unpaired) electrons. The van der Waals surface area contributed by atoms with Crippen molar-refractivity contribution in [3.05, 3.63) is 23.8 Å². The molecule has 156 valence electrons. The fraction of sp³-hybridized carbons (Fsp3) is 0.667. The van der Waals surface area contributed by atoms with Crippen molar-refractivity contribution in [2.45, 2.75) is 45.4 Å². The maximum atomic E-state index is 5.97. The zero-order valence-corrected chi connectivity index (χ0v) is 17.3. The lowest BCUT2D eigenvalue weighted by Gasteiger charge is -2.37. The molecule has 0 amide bonds. The Bertz CT molecular complexity index is 647. The van der Waals surface area contributed by atoms with Gasteiger partial charge in [-0.15, -0.1) is 0 Å². The van der Waals surface area contributed by atoms with E-state index in [4.69, 9.17) is 23.9 Å². The molecule has 28 heavy (non-hydrogen) atoms. The van der Waals surface area contributed by atoms with E-state index in [1.807, 2.05) is 25.1 Å². The normalized spacial score (nSPS) is 23.0. The van der Waals surface area contributed by atoms with E-state index in [-0.39, 0.29) is 12.2 Å². The fourth-order valence-corrected chi connectivity index (χ4v) is 3.67. The molecule has 3 rings (SSSR count). The van der Waals surface area contributed by atoms with Crippen molar-refractivity contribution in [2.75, 3.05) is 46.6 Å². The Hall–Kier alpha value is -1.99. The number of guanidine groups is 1. The molecule has 2 atom stereocenters. The van der Waals surface area contributed by atoms with Crippen LogP contribution >= 0.6 is 0 Å². The van der Waals surface area contributed by atoms with E-state index in [2.05, 4.69) is 17.1 Å². The largest absolute Gasteiger partial charge is 0.493 e. The first kappa shape index (κ1) is 20.7. The smallest absolute Gasteiger partial charge is 0.194 e. The first-order valence-electron chi connectivity index (χ1n) is 10.3. The maximum Gasteiger partial charge on any atom is 0.194 e. The highest BCUT2D eigenvalue weighted by Crippen LogP contribution is 2.28. The van der Waals surface area contributed by atoms with E-state index in [9.17, 15) is 0 Å². The summed E-state index contributed by atoms with van der Waals surface area (Å²) in [6, 6.07) is 5.98. The maximum absolute atomic E-state index is 5.97. The minimum atomic E-state index is 0.116. The molecule has 2 heterocycles. The summed E-state index contributed by atoms with van der Waals surface area (Å²) in [4.78, 5) is 7.14. The van der Waals surface area contributed by atoms with Gasteiger partial charge in [0.15, 0.2) is 17.5 Å². The first-order valence-corrected chi connectivity index (χ1v) is 10.3. The number of aliphatic imine (C=N–C) groups is 1. The zero-order valence-electron chi connectivity index (χ0n) is 17.3. The SMILES string of the molecule is CCNC(=NCc1ccc(OCC)c(OC)c1)N1CCOC(C2CCCO2)C1. The van der Waals surface area contributed by atoms with Gasteiger partial charge in [0.2, 0.25) is 0 Å². The Labute approximate surface area is 168 Å². The van der Waals surface area contributed by atoms with E-state index in [0.29, 0.717) is 19.8 Å². The van der Waals surface area contributed by atoms with E-state index in [1.165, 1.54) is 0 Å². The third-order valence-electron chi connectivity index (χ3n) is 5.05. The van der Waals surface area contributed by atoms with Gasteiger partial charge in [-0.1, -0.05) is 6.07 Å². The Morgan fingerprint density at radius 2 is 2.07 bits per heavy atom. The molecule has 2 saturated heterocycles. The van der Waals surface area contributed by atoms with Crippen LogP contribution in [-0.2, 0) is 16.0 Å². The highest BCUT2D eigenvalue weighted by atomic mass is 16.5. The Balaban J connectivity index is 1.68. The van der Waals surface area contributed by atoms with Gasteiger partial charge in [-0.2, -0.15) is 0 Å². The van der Waals surface area contributed by atoms with Gasteiger partial charge >= 0.3 is 0 Å². The topological polar surface area (TPSA) is 64.6 Å². The first-order chi connectivity index (χ1) is 13.7. The summed E-state index contributed by atoms with van der Waals surface area (Å²) in [7, 11) is 1.66. The van der Waals surface area contributed by atoms with Crippen LogP contribution in [0.15, 0.2) is 23.2 Å². The quantitative estimate of drug-likeness (QED) is 0.569. The van der Waals surface area contributed by atoms with E-state index < -0.39 is 0 Å². The molecular formula is C21H33N3O4. The Kier molecular flexibility index (Phi) is 7.80. The molecule has 1 N–H and O–H groups in total. The lowest BCUT2D eigenvalue weighted by Crippen LogP contribution is -2.53. The predicted octanol–water partition coefficient (Wildman–Crippen LogP) is 2.44. The summed E-state index contributed by atoms with van der Waals surface area (Å²) in [6.45, 7) is 9.26. The van der Waals surface area contributed by atoms with Gasteiger partial charge in [-0.25, -0.2) is 4.99 Å². The predicted molar refractivity (Wildman–Crippen MR) is 109 cm³/mol. The lowest BCUT2D eigenvalue weighted by atomic mass is 10.1. The van der Waals surface area contributed by atoms with Gasteiger partial charge in [0.1, 0.15) is 6.10 Å². The molecule has 0 saturated carbocycles.